The summed E-state index contributed by atoms with van der Waals surface area (Å²) in [5.74, 6) is 0.0821. The molecule has 0 radical (unpaired) electrons. The molecule has 1 aliphatic rings. The second kappa shape index (κ2) is 9.37. The van der Waals surface area contributed by atoms with Gasteiger partial charge in [-0.3, -0.25) is 14.6 Å². The van der Waals surface area contributed by atoms with Crippen molar-refractivity contribution in [2.75, 3.05) is 11.4 Å². The molecule has 1 aromatic heterocycles. The predicted molar refractivity (Wildman–Crippen MR) is 92.5 cm³/mol. The molecular formula is C18H27N3O3. The van der Waals surface area contributed by atoms with Gasteiger partial charge in [-0.1, -0.05) is 26.2 Å². The Morgan fingerprint density at radius 3 is 2.79 bits per heavy atom. The van der Waals surface area contributed by atoms with Crippen LogP contribution in [0.3, 0.4) is 0 Å². The maximum Gasteiger partial charge on any atom is 0.251 e. The number of hydrogen-bond acceptors (Lipinski definition) is 4. The normalized spacial score (nSPS) is 17.8. The highest BCUT2D eigenvalue weighted by atomic mass is 16.3. The van der Waals surface area contributed by atoms with Crippen LogP contribution in [0.2, 0.25) is 0 Å². The van der Waals surface area contributed by atoms with Crippen LogP contribution < -0.4 is 10.2 Å². The number of aliphatic hydroxyl groups excluding tert-OH is 1. The van der Waals surface area contributed by atoms with Crippen LogP contribution in [0.25, 0.3) is 0 Å². The smallest absolute Gasteiger partial charge is 0.251 e. The Bertz CT molecular complexity index is 518. The molecule has 0 aliphatic heterocycles. The second-order valence-corrected chi connectivity index (χ2v) is 6.39. The molecule has 2 atom stereocenters. The summed E-state index contributed by atoms with van der Waals surface area (Å²) in [6.45, 7) is 2.44. The Balaban J connectivity index is 1.97. The number of aliphatic hydroxyl groups is 1. The second-order valence-electron chi connectivity index (χ2n) is 6.39. The summed E-state index contributed by atoms with van der Waals surface area (Å²) in [4.78, 5) is 29.2. The summed E-state index contributed by atoms with van der Waals surface area (Å²) >= 11 is 0. The van der Waals surface area contributed by atoms with Gasteiger partial charge in [0.25, 0.3) is 5.91 Å². The summed E-state index contributed by atoms with van der Waals surface area (Å²) < 4.78 is 0. The van der Waals surface area contributed by atoms with Crippen molar-refractivity contribution in [3.8, 4) is 0 Å². The van der Waals surface area contributed by atoms with E-state index in [2.05, 4.69) is 10.3 Å². The fourth-order valence-electron chi connectivity index (χ4n) is 3.32. The zero-order chi connectivity index (χ0) is 17.4. The summed E-state index contributed by atoms with van der Waals surface area (Å²) in [7, 11) is 0. The highest BCUT2D eigenvalue weighted by Gasteiger charge is 2.30. The van der Waals surface area contributed by atoms with E-state index in [-0.39, 0.29) is 0 Å². The number of hydrogen-bond donors (Lipinski definition) is 2. The lowest BCUT2D eigenvalue weighted by Gasteiger charge is -2.31. The van der Waals surface area contributed by atoms with E-state index >= 15 is 0 Å². The molecule has 2 rings (SSSR count). The topological polar surface area (TPSA) is 82.5 Å². The van der Waals surface area contributed by atoms with E-state index in [0.29, 0.717) is 31.0 Å². The third kappa shape index (κ3) is 4.77. The predicted octanol–water partition coefficient (Wildman–Crippen LogP) is 1.88. The van der Waals surface area contributed by atoms with Gasteiger partial charge in [-0.25, -0.2) is 0 Å². The molecule has 6 heteroatoms. The first-order valence-electron chi connectivity index (χ1n) is 8.76. The maximum absolute atomic E-state index is 12.3. The minimum absolute atomic E-state index is 0.414. The van der Waals surface area contributed by atoms with E-state index in [0.717, 1.165) is 12.8 Å². The summed E-state index contributed by atoms with van der Waals surface area (Å²) in [6.07, 6.45) is 8.95. The lowest BCUT2D eigenvalue weighted by molar-refractivity contribution is -0.130. The van der Waals surface area contributed by atoms with Crippen molar-refractivity contribution in [2.45, 2.75) is 57.6 Å². The molecule has 6 nitrogen and oxygen atoms in total. The van der Waals surface area contributed by atoms with Crippen LogP contribution in [0.15, 0.2) is 24.5 Å². The average molecular weight is 333 g/mol. The molecule has 0 bridgehead atoms. The molecule has 2 N–H and O–H groups in total. The van der Waals surface area contributed by atoms with Crippen molar-refractivity contribution in [1.29, 1.82) is 0 Å². The van der Waals surface area contributed by atoms with Gasteiger partial charge in [0.1, 0.15) is 0 Å². The highest BCUT2D eigenvalue weighted by Crippen LogP contribution is 2.23. The first-order valence-corrected chi connectivity index (χ1v) is 8.76. The first-order chi connectivity index (χ1) is 11.7. The Morgan fingerprint density at radius 2 is 2.21 bits per heavy atom. The summed E-state index contributed by atoms with van der Waals surface area (Å²) in [5.41, 5.74) is 0.568. The number of amides is 2. The minimum Gasteiger partial charge on any atom is -0.381 e. The molecule has 132 valence electrons. The van der Waals surface area contributed by atoms with Crippen LogP contribution in [-0.4, -0.2) is 41.1 Å². The van der Waals surface area contributed by atoms with Crippen molar-refractivity contribution in [3.05, 3.63) is 24.5 Å². The van der Waals surface area contributed by atoms with Crippen LogP contribution in [0.1, 0.15) is 45.4 Å². The van der Waals surface area contributed by atoms with E-state index < -0.39 is 18.1 Å². The van der Waals surface area contributed by atoms with Crippen LogP contribution in [0, 0.1) is 5.92 Å². The molecule has 0 saturated heterocycles. The van der Waals surface area contributed by atoms with Gasteiger partial charge in [-0.15, -0.1) is 0 Å². The minimum atomic E-state index is -1.26. The average Bonchev–Trinajstić information content (AvgIpc) is 2.65. The maximum atomic E-state index is 12.3. The molecule has 1 aromatic rings. The van der Waals surface area contributed by atoms with Gasteiger partial charge in [-0.2, -0.15) is 0 Å². The number of nitrogens with zero attached hydrogens (tertiary/aromatic N) is 2. The highest BCUT2D eigenvalue weighted by molar-refractivity contribution is 5.84. The number of pyridine rings is 1. The van der Waals surface area contributed by atoms with E-state index in [1.54, 1.807) is 24.5 Å². The molecule has 1 aliphatic carbocycles. The number of carbonyl (C=O) groups excluding carboxylic acids is 2. The number of nitrogens with one attached hydrogen (secondary N) is 1. The van der Waals surface area contributed by atoms with Gasteiger partial charge in [0.15, 0.2) is 6.10 Å². The number of rotatable bonds is 8. The van der Waals surface area contributed by atoms with E-state index in [1.165, 1.54) is 24.2 Å². The Morgan fingerprint density at radius 1 is 1.46 bits per heavy atom. The van der Waals surface area contributed by atoms with Crippen LogP contribution in [0.4, 0.5) is 5.69 Å². The zero-order valence-electron chi connectivity index (χ0n) is 14.2. The molecule has 0 spiro atoms. The quantitative estimate of drug-likeness (QED) is 0.712. The number of anilines is 1. The molecule has 24 heavy (non-hydrogen) atoms. The fraction of sp³-hybridized carbons (Fsp3) is 0.611. The van der Waals surface area contributed by atoms with E-state index in [9.17, 15) is 14.7 Å². The SMILES string of the molecule is CCC(C(O)C(=O)NCC1CCCCC1)N(C=O)c1cccnc1. The summed E-state index contributed by atoms with van der Waals surface area (Å²) in [5, 5.41) is 13.3. The van der Waals surface area contributed by atoms with Crippen LogP contribution in [0.5, 0.6) is 0 Å². The summed E-state index contributed by atoms with van der Waals surface area (Å²) in [6, 6.07) is 2.84. The third-order valence-electron chi connectivity index (χ3n) is 4.76. The molecule has 2 unspecified atom stereocenters. The van der Waals surface area contributed by atoms with Crippen molar-refractivity contribution in [1.82, 2.24) is 10.3 Å². The molecule has 0 aromatic carbocycles. The fourth-order valence-corrected chi connectivity index (χ4v) is 3.32. The van der Waals surface area contributed by atoms with Crippen molar-refractivity contribution in [2.24, 2.45) is 5.92 Å². The van der Waals surface area contributed by atoms with Crippen LogP contribution in [-0.2, 0) is 9.59 Å². The molecule has 1 heterocycles. The van der Waals surface area contributed by atoms with Gasteiger partial charge in [0, 0.05) is 12.7 Å². The number of aromatic nitrogens is 1. The first kappa shape index (κ1) is 18.4. The van der Waals surface area contributed by atoms with Gasteiger partial charge in [0.05, 0.1) is 17.9 Å². The Labute approximate surface area is 143 Å². The Hall–Kier alpha value is -1.95. The molecule has 2 amide bonds. The van der Waals surface area contributed by atoms with Crippen molar-refractivity contribution >= 4 is 18.0 Å². The Kier molecular flexibility index (Phi) is 7.18. The van der Waals surface area contributed by atoms with Gasteiger partial charge >= 0.3 is 0 Å². The standard InChI is InChI=1S/C18H27N3O3/c1-2-16(21(13-22)15-9-6-10-19-12-15)17(23)18(24)20-11-14-7-4-3-5-8-14/h6,9-10,12-14,16-17,23H,2-5,7-8,11H2,1H3,(H,20,24). The number of carbonyl (C=O) groups is 2. The molecule has 1 fully saturated rings. The monoisotopic (exact) mass is 333 g/mol. The largest absolute Gasteiger partial charge is 0.381 e. The lowest BCUT2D eigenvalue weighted by Crippen LogP contribution is -2.51. The zero-order valence-corrected chi connectivity index (χ0v) is 14.2. The molecular weight excluding hydrogens is 306 g/mol. The van der Waals surface area contributed by atoms with E-state index in [4.69, 9.17) is 0 Å². The van der Waals surface area contributed by atoms with Gasteiger partial charge in [0.2, 0.25) is 6.41 Å². The molecule has 1 saturated carbocycles. The van der Waals surface area contributed by atoms with Gasteiger partial charge < -0.3 is 15.3 Å². The third-order valence-corrected chi connectivity index (χ3v) is 4.76. The van der Waals surface area contributed by atoms with Gasteiger partial charge in [-0.05, 0) is 37.3 Å². The lowest BCUT2D eigenvalue weighted by atomic mass is 9.89. The van der Waals surface area contributed by atoms with Crippen LogP contribution >= 0.6 is 0 Å². The van der Waals surface area contributed by atoms with Crippen molar-refractivity contribution in [3.63, 3.8) is 0 Å². The van der Waals surface area contributed by atoms with E-state index in [1.807, 2.05) is 6.92 Å². The van der Waals surface area contributed by atoms with Crippen molar-refractivity contribution < 1.29 is 14.7 Å².